The van der Waals surface area contributed by atoms with Gasteiger partial charge >= 0.3 is 5.97 Å². The molecule has 0 bridgehead atoms. The molecule has 0 aliphatic heterocycles. The van der Waals surface area contributed by atoms with E-state index in [4.69, 9.17) is 22.0 Å². The van der Waals surface area contributed by atoms with Gasteiger partial charge in [-0.05, 0) is 18.2 Å². The zero-order valence-electron chi connectivity index (χ0n) is 9.93. The van der Waals surface area contributed by atoms with Crippen LogP contribution in [0, 0.1) is 11.3 Å². The van der Waals surface area contributed by atoms with E-state index < -0.39 is 5.97 Å². The third kappa shape index (κ3) is 3.79. The predicted molar refractivity (Wildman–Crippen MR) is 71.6 cm³/mol. The number of nitrogens with zero attached hydrogens (tertiary/aromatic N) is 2. The lowest BCUT2D eigenvalue weighted by atomic mass is 10.1. The summed E-state index contributed by atoms with van der Waals surface area (Å²) >= 11 is 6.06. The van der Waals surface area contributed by atoms with Crippen LogP contribution in [0.1, 0.15) is 12.0 Å². The first-order chi connectivity index (χ1) is 8.56. The molecule has 0 aromatic heterocycles. The van der Waals surface area contributed by atoms with E-state index in [1.54, 1.807) is 12.1 Å². The number of hydrogen-bond acceptors (Lipinski definition) is 3. The first kappa shape index (κ1) is 14.1. The number of benzene rings is 1. The number of rotatable bonds is 5. The lowest BCUT2D eigenvalue weighted by Crippen LogP contribution is -2.19. The Kier molecular flexibility index (Phi) is 5.22. The molecule has 0 aliphatic carbocycles. The van der Waals surface area contributed by atoms with Crippen molar-refractivity contribution in [2.24, 2.45) is 0 Å². The molecule has 18 heavy (non-hydrogen) atoms. The quantitative estimate of drug-likeness (QED) is 0.831. The fourth-order valence-corrected chi connectivity index (χ4v) is 1.75. The summed E-state index contributed by atoms with van der Waals surface area (Å²) in [7, 11) is 1.83. The summed E-state index contributed by atoms with van der Waals surface area (Å²) in [4.78, 5) is 12.4. The van der Waals surface area contributed by atoms with Crippen LogP contribution in [-0.2, 0) is 4.79 Å². The summed E-state index contributed by atoms with van der Waals surface area (Å²) in [5.41, 5.74) is 1.44. The van der Waals surface area contributed by atoms with Gasteiger partial charge in [0.2, 0.25) is 0 Å². The van der Waals surface area contributed by atoms with Crippen LogP contribution >= 0.6 is 11.6 Å². The molecule has 0 amide bonds. The number of carboxylic acids is 1. The van der Waals surface area contributed by atoms with Crippen molar-refractivity contribution in [3.8, 4) is 6.07 Å². The van der Waals surface area contributed by atoms with Gasteiger partial charge in [0.15, 0.2) is 0 Å². The molecular weight excluding hydrogens is 252 g/mol. The third-order valence-electron chi connectivity index (χ3n) is 2.39. The Bertz CT molecular complexity index is 506. The van der Waals surface area contributed by atoms with Crippen LogP contribution < -0.4 is 4.90 Å². The van der Waals surface area contributed by atoms with Crippen LogP contribution in [0.2, 0.25) is 5.02 Å². The number of hydrogen-bond donors (Lipinski definition) is 1. The van der Waals surface area contributed by atoms with E-state index in [1.807, 2.05) is 18.0 Å². The Morgan fingerprint density at radius 1 is 1.61 bits per heavy atom. The lowest BCUT2D eigenvalue weighted by molar-refractivity contribution is -0.131. The van der Waals surface area contributed by atoms with Crippen molar-refractivity contribution in [2.75, 3.05) is 18.5 Å². The topological polar surface area (TPSA) is 64.3 Å². The molecular formula is C13H13ClN2O2. The smallest absolute Gasteiger partial charge is 0.328 e. The molecule has 0 atom stereocenters. The van der Waals surface area contributed by atoms with Crippen LogP contribution in [0.25, 0.3) is 6.08 Å². The van der Waals surface area contributed by atoms with Crippen LogP contribution in [0.3, 0.4) is 0 Å². The van der Waals surface area contributed by atoms with Crippen molar-refractivity contribution in [1.82, 2.24) is 0 Å². The zero-order chi connectivity index (χ0) is 13.5. The normalized spacial score (nSPS) is 10.3. The number of carboxylic acid groups (broad SMARTS) is 1. The van der Waals surface area contributed by atoms with E-state index in [0.717, 1.165) is 11.8 Å². The minimum atomic E-state index is -1.03. The van der Waals surface area contributed by atoms with E-state index >= 15 is 0 Å². The number of aliphatic carboxylic acids is 1. The van der Waals surface area contributed by atoms with E-state index in [1.165, 1.54) is 6.08 Å². The van der Waals surface area contributed by atoms with Crippen LogP contribution in [-0.4, -0.2) is 24.7 Å². The van der Waals surface area contributed by atoms with E-state index in [0.29, 0.717) is 23.6 Å². The van der Waals surface area contributed by atoms with Crippen molar-refractivity contribution >= 4 is 29.3 Å². The molecule has 1 N–H and O–H groups in total. The van der Waals surface area contributed by atoms with Crippen molar-refractivity contribution in [3.05, 3.63) is 34.9 Å². The van der Waals surface area contributed by atoms with Gasteiger partial charge in [0.1, 0.15) is 0 Å². The maximum absolute atomic E-state index is 10.6. The second kappa shape index (κ2) is 6.67. The lowest BCUT2D eigenvalue weighted by Gasteiger charge is -2.20. The second-order valence-electron chi connectivity index (χ2n) is 3.67. The van der Waals surface area contributed by atoms with Crippen molar-refractivity contribution in [2.45, 2.75) is 6.42 Å². The second-order valence-corrected chi connectivity index (χ2v) is 4.08. The van der Waals surface area contributed by atoms with E-state index in [9.17, 15) is 4.79 Å². The molecule has 0 radical (unpaired) electrons. The molecule has 0 aliphatic rings. The van der Waals surface area contributed by atoms with Gasteiger partial charge in [0.25, 0.3) is 0 Å². The number of carbonyl (C=O) groups is 1. The SMILES string of the molecule is CN(CCC#N)c1cccc(Cl)c1/C=C/C(=O)O. The van der Waals surface area contributed by atoms with Gasteiger partial charge in [-0.1, -0.05) is 17.7 Å². The van der Waals surface area contributed by atoms with Crippen molar-refractivity contribution < 1.29 is 9.90 Å². The monoisotopic (exact) mass is 264 g/mol. The third-order valence-corrected chi connectivity index (χ3v) is 2.72. The van der Waals surface area contributed by atoms with Gasteiger partial charge in [0, 0.05) is 35.9 Å². The van der Waals surface area contributed by atoms with Crippen molar-refractivity contribution in [1.29, 1.82) is 5.26 Å². The van der Waals surface area contributed by atoms with Gasteiger partial charge in [-0.25, -0.2) is 4.79 Å². The summed E-state index contributed by atoms with van der Waals surface area (Å²) in [6, 6.07) is 7.39. The molecule has 5 heteroatoms. The Labute approximate surface area is 111 Å². The highest BCUT2D eigenvalue weighted by molar-refractivity contribution is 6.32. The largest absolute Gasteiger partial charge is 0.478 e. The summed E-state index contributed by atoms with van der Waals surface area (Å²) in [5, 5.41) is 17.7. The average Bonchev–Trinajstić information content (AvgIpc) is 2.34. The molecule has 0 saturated carbocycles. The summed E-state index contributed by atoms with van der Waals surface area (Å²) < 4.78 is 0. The Hall–Kier alpha value is -1.99. The number of halogens is 1. The van der Waals surface area contributed by atoms with Gasteiger partial charge < -0.3 is 10.0 Å². The molecule has 0 unspecified atom stereocenters. The van der Waals surface area contributed by atoms with E-state index in [-0.39, 0.29) is 0 Å². The Balaban J connectivity index is 3.07. The Morgan fingerprint density at radius 2 is 2.33 bits per heavy atom. The van der Waals surface area contributed by atoms with Gasteiger partial charge in [0.05, 0.1) is 12.5 Å². The summed E-state index contributed by atoms with van der Waals surface area (Å²) in [6.45, 7) is 0.560. The van der Waals surface area contributed by atoms with E-state index in [2.05, 4.69) is 6.07 Å². The highest BCUT2D eigenvalue weighted by Gasteiger charge is 2.08. The van der Waals surface area contributed by atoms with Crippen LogP contribution in [0.4, 0.5) is 5.69 Å². The molecule has 4 nitrogen and oxygen atoms in total. The summed E-state index contributed by atoms with van der Waals surface area (Å²) in [5.74, 6) is -1.03. The first-order valence-corrected chi connectivity index (χ1v) is 5.71. The van der Waals surface area contributed by atoms with Gasteiger partial charge in [-0.3, -0.25) is 0 Å². The molecule has 0 spiro atoms. The molecule has 0 fully saturated rings. The maximum atomic E-state index is 10.6. The molecule has 1 rings (SSSR count). The van der Waals surface area contributed by atoms with Gasteiger partial charge in [-0.2, -0.15) is 5.26 Å². The minimum absolute atomic E-state index is 0.394. The molecule has 1 aromatic carbocycles. The summed E-state index contributed by atoms with van der Waals surface area (Å²) in [6.07, 6.45) is 2.90. The predicted octanol–water partition coefficient (Wildman–Crippen LogP) is 2.79. The fraction of sp³-hybridized carbons (Fsp3) is 0.231. The maximum Gasteiger partial charge on any atom is 0.328 e. The first-order valence-electron chi connectivity index (χ1n) is 5.34. The molecule has 0 heterocycles. The van der Waals surface area contributed by atoms with Gasteiger partial charge in [-0.15, -0.1) is 0 Å². The standard InChI is InChI=1S/C13H13ClN2O2/c1-16(9-3-8-15)12-5-2-4-11(14)10(12)6-7-13(17)18/h2,4-7H,3,9H2,1H3,(H,17,18)/b7-6+. The Morgan fingerprint density at radius 3 is 2.94 bits per heavy atom. The molecule has 94 valence electrons. The number of nitriles is 1. The van der Waals surface area contributed by atoms with Crippen molar-refractivity contribution in [3.63, 3.8) is 0 Å². The fourth-order valence-electron chi connectivity index (χ4n) is 1.52. The zero-order valence-corrected chi connectivity index (χ0v) is 10.7. The van der Waals surface area contributed by atoms with Crippen LogP contribution in [0.15, 0.2) is 24.3 Å². The molecule has 0 saturated heterocycles. The average molecular weight is 265 g/mol. The number of anilines is 1. The molecule has 1 aromatic rings. The minimum Gasteiger partial charge on any atom is -0.478 e. The van der Waals surface area contributed by atoms with Crippen LogP contribution in [0.5, 0.6) is 0 Å². The highest BCUT2D eigenvalue weighted by Crippen LogP contribution is 2.28. The highest BCUT2D eigenvalue weighted by atomic mass is 35.5.